The van der Waals surface area contributed by atoms with Crippen molar-refractivity contribution in [3.05, 3.63) is 70.0 Å². The van der Waals surface area contributed by atoms with E-state index in [4.69, 9.17) is 21.4 Å². The zero-order valence-electron chi connectivity index (χ0n) is 10.5. The van der Waals surface area contributed by atoms with E-state index in [9.17, 15) is 9.18 Å². The third kappa shape index (κ3) is 4.05. The molecule has 0 bridgehead atoms. The first kappa shape index (κ1) is 14.5. The smallest absolute Gasteiger partial charge is 0.335 e. The predicted octanol–water partition coefficient (Wildman–Crippen LogP) is 3.89. The van der Waals surface area contributed by atoms with Crippen molar-refractivity contribution in [2.24, 2.45) is 0 Å². The third-order valence-electron chi connectivity index (χ3n) is 2.66. The van der Waals surface area contributed by atoms with E-state index in [1.807, 2.05) is 12.1 Å². The summed E-state index contributed by atoms with van der Waals surface area (Å²) in [6.07, 6.45) is 0. The van der Waals surface area contributed by atoms with Gasteiger partial charge in [-0.2, -0.15) is 0 Å². The second-order valence-corrected chi connectivity index (χ2v) is 4.71. The number of carboxylic acid groups (broad SMARTS) is 1. The topological polar surface area (TPSA) is 46.5 Å². The number of rotatable bonds is 5. The molecular weight excluding hydrogens is 283 g/mol. The van der Waals surface area contributed by atoms with Crippen LogP contribution in [-0.4, -0.2) is 11.1 Å². The minimum absolute atomic E-state index is 0.0879. The quantitative estimate of drug-likeness (QED) is 0.910. The molecule has 2 aromatic rings. The molecule has 0 radical (unpaired) electrons. The van der Waals surface area contributed by atoms with Gasteiger partial charge in [-0.15, -0.1) is 0 Å². The van der Waals surface area contributed by atoms with Crippen LogP contribution in [0.2, 0.25) is 5.02 Å². The first-order valence-corrected chi connectivity index (χ1v) is 6.27. The number of hydrogen-bond acceptors (Lipinski definition) is 2. The van der Waals surface area contributed by atoms with Crippen molar-refractivity contribution in [3.8, 4) is 0 Å². The highest BCUT2D eigenvalue weighted by Gasteiger charge is 2.07. The molecule has 0 amide bonds. The number of ether oxygens (including phenoxy) is 1. The largest absolute Gasteiger partial charge is 0.478 e. The Labute approximate surface area is 120 Å². The zero-order chi connectivity index (χ0) is 14.5. The predicted molar refractivity (Wildman–Crippen MR) is 73.3 cm³/mol. The van der Waals surface area contributed by atoms with E-state index < -0.39 is 11.8 Å². The lowest BCUT2D eigenvalue weighted by Gasteiger charge is -2.06. The second-order valence-electron chi connectivity index (χ2n) is 4.27. The molecule has 0 aliphatic heterocycles. The van der Waals surface area contributed by atoms with E-state index in [1.54, 1.807) is 12.1 Å². The van der Waals surface area contributed by atoms with Crippen molar-refractivity contribution in [1.82, 2.24) is 0 Å². The molecule has 0 aliphatic rings. The molecule has 20 heavy (non-hydrogen) atoms. The van der Waals surface area contributed by atoms with Crippen LogP contribution in [0.1, 0.15) is 21.5 Å². The Morgan fingerprint density at radius 3 is 2.40 bits per heavy atom. The van der Waals surface area contributed by atoms with Crippen LogP contribution >= 0.6 is 11.6 Å². The Balaban J connectivity index is 1.97. The summed E-state index contributed by atoms with van der Waals surface area (Å²) in [4.78, 5) is 10.8. The number of halogens is 2. The normalized spacial score (nSPS) is 10.5. The summed E-state index contributed by atoms with van der Waals surface area (Å²) in [5, 5.41) is 9.49. The fraction of sp³-hybridized carbons (Fsp3) is 0.133. The summed E-state index contributed by atoms with van der Waals surface area (Å²) < 4.78 is 18.7. The number of aromatic carboxylic acids is 1. The van der Waals surface area contributed by atoms with Crippen LogP contribution in [0.15, 0.2) is 42.5 Å². The Kier molecular flexibility index (Phi) is 4.71. The minimum atomic E-state index is -1.16. The standard InChI is InChI=1S/C15H12ClFO3/c16-13-3-1-10(2-4-13)8-20-9-11-5-12(15(18)19)7-14(17)6-11/h1-7H,8-9H2,(H,18,19). The number of hydrogen-bond donors (Lipinski definition) is 1. The first-order chi connectivity index (χ1) is 9.54. The number of carbonyl (C=O) groups is 1. The highest BCUT2D eigenvalue weighted by Crippen LogP contribution is 2.13. The summed E-state index contributed by atoms with van der Waals surface area (Å²) in [5.41, 5.74) is 1.33. The number of benzene rings is 2. The van der Waals surface area contributed by atoms with Gasteiger partial charge in [0.25, 0.3) is 0 Å². The van der Waals surface area contributed by atoms with Crippen LogP contribution in [0.4, 0.5) is 4.39 Å². The maximum atomic E-state index is 13.2. The molecule has 0 atom stereocenters. The molecule has 0 unspecified atom stereocenters. The molecule has 1 N–H and O–H groups in total. The van der Waals surface area contributed by atoms with Crippen molar-refractivity contribution in [1.29, 1.82) is 0 Å². The molecule has 3 nitrogen and oxygen atoms in total. The molecule has 0 fully saturated rings. The maximum absolute atomic E-state index is 13.2. The molecule has 5 heteroatoms. The second kappa shape index (κ2) is 6.50. The summed E-state index contributed by atoms with van der Waals surface area (Å²) in [5.74, 6) is -1.75. The van der Waals surface area contributed by atoms with E-state index in [2.05, 4.69) is 0 Å². The monoisotopic (exact) mass is 294 g/mol. The van der Waals surface area contributed by atoms with E-state index in [0.717, 1.165) is 11.6 Å². The fourth-order valence-corrected chi connectivity index (χ4v) is 1.85. The van der Waals surface area contributed by atoms with Gasteiger partial charge in [0, 0.05) is 5.02 Å². The molecule has 0 spiro atoms. The molecule has 0 saturated carbocycles. The van der Waals surface area contributed by atoms with E-state index in [1.165, 1.54) is 12.1 Å². The van der Waals surface area contributed by atoms with Crippen LogP contribution in [0.25, 0.3) is 0 Å². The molecule has 0 aliphatic carbocycles. The maximum Gasteiger partial charge on any atom is 0.335 e. The Bertz CT molecular complexity index is 611. The van der Waals surface area contributed by atoms with Crippen molar-refractivity contribution < 1.29 is 19.0 Å². The molecule has 0 aromatic heterocycles. The Hall–Kier alpha value is -1.91. The van der Waals surface area contributed by atoms with Crippen LogP contribution in [0.5, 0.6) is 0 Å². The summed E-state index contributed by atoms with van der Waals surface area (Å²) in [6.45, 7) is 0.483. The first-order valence-electron chi connectivity index (χ1n) is 5.89. The minimum Gasteiger partial charge on any atom is -0.478 e. The van der Waals surface area contributed by atoms with Crippen molar-refractivity contribution >= 4 is 17.6 Å². The van der Waals surface area contributed by atoms with Gasteiger partial charge in [-0.3, -0.25) is 0 Å². The van der Waals surface area contributed by atoms with Gasteiger partial charge >= 0.3 is 5.97 Å². The van der Waals surface area contributed by atoms with Crippen LogP contribution < -0.4 is 0 Å². The van der Waals surface area contributed by atoms with Crippen molar-refractivity contribution in [2.45, 2.75) is 13.2 Å². The molecule has 0 heterocycles. The Morgan fingerprint density at radius 1 is 1.10 bits per heavy atom. The zero-order valence-corrected chi connectivity index (χ0v) is 11.2. The van der Waals surface area contributed by atoms with Gasteiger partial charge < -0.3 is 9.84 Å². The lowest BCUT2D eigenvalue weighted by molar-refractivity contribution is 0.0695. The van der Waals surface area contributed by atoms with Gasteiger partial charge in [-0.1, -0.05) is 23.7 Å². The average molecular weight is 295 g/mol. The van der Waals surface area contributed by atoms with Crippen LogP contribution in [0.3, 0.4) is 0 Å². The van der Waals surface area contributed by atoms with Gasteiger partial charge in [0.15, 0.2) is 0 Å². The summed E-state index contributed by atoms with van der Waals surface area (Å²) >= 11 is 5.77. The molecular formula is C15H12ClFO3. The Morgan fingerprint density at radius 2 is 1.75 bits per heavy atom. The molecule has 2 rings (SSSR count). The fourth-order valence-electron chi connectivity index (χ4n) is 1.72. The number of carboxylic acids is 1. The molecule has 104 valence electrons. The van der Waals surface area contributed by atoms with Gasteiger partial charge in [-0.25, -0.2) is 9.18 Å². The van der Waals surface area contributed by atoms with Crippen LogP contribution in [0, 0.1) is 5.82 Å². The lowest BCUT2D eigenvalue weighted by Crippen LogP contribution is -2.01. The lowest BCUT2D eigenvalue weighted by atomic mass is 10.1. The molecule has 2 aromatic carbocycles. The third-order valence-corrected chi connectivity index (χ3v) is 2.91. The highest BCUT2D eigenvalue weighted by atomic mass is 35.5. The van der Waals surface area contributed by atoms with Gasteiger partial charge in [0.2, 0.25) is 0 Å². The van der Waals surface area contributed by atoms with E-state index in [-0.39, 0.29) is 12.2 Å². The van der Waals surface area contributed by atoms with Gasteiger partial charge in [0.1, 0.15) is 5.82 Å². The van der Waals surface area contributed by atoms with Crippen LogP contribution in [-0.2, 0) is 18.0 Å². The van der Waals surface area contributed by atoms with Gasteiger partial charge in [-0.05, 0) is 41.5 Å². The average Bonchev–Trinajstić information content (AvgIpc) is 2.40. The highest BCUT2D eigenvalue weighted by molar-refractivity contribution is 6.30. The van der Waals surface area contributed by atoms with E-state index >= 15 is 0 Å². The SMILES string of the molecule is O=C(O)c1cc(F)cc(COCc2ccc(Cl)cc2)c1. The summed E-state index contributed by atoms with van der Waals surface area (Å²) in [6, 6.07) is 10.8. The summed E-state index contributed by atoms with van der Waals surface area (Å²) in [7, 11) is 0. The van der Waals surface area contributed by atoms with Gasteiger partial charge in [0.05, 0.1) is 18.8 Å². The molecule has 0 saturated heterocycles. The van der Waals surface area contributed by atoms with E-state index in [0.29, 0.717) is 17.2 Å². The van der Waals surface area contributed by atoms with Crippen molar-refractivity contribution in [3.63, 3.8) is 0 Å². The van der Waals surface area contributed by atoms with Crippen molar-refractivity contribution in [2.75, 3.05) is 0 Å².